The van der Waals surface area contributed by atoms with E-state index in [0.717, 1.165) is 108 Å². The van der Waals surface area contributed by atoms with Gasteiger partial charge in [-0.05, 0) is 161 Å². The molecule has 2 aliphatic rings. The van der Waals surface area contributed by atoms with Gasteiger partial charge in [-0.1, -0.05) is 89.8 Å². The second-order valence-electron chi connectivity index (χ2n) is 18.0. The number of likely N-dealkylation sites (N-methyl/N-ethyl adjacent to an activating group) is 4. The van der Waals surface area contributed by atoms with Crippen molar-refractivity contribution in [2.45, 2.75) is 107 Å². The van der Waals surface area contributed by atoms with Gasteiger partial charge >= 0.3 is 0 Å². The van der Waals surface area contributed by atoms with Crippen molar-refractivity contribution in [2.75, 3.05) is 62.2 Å². The van der Waals surface area contributed by atoms with Crippen molar-refractivity contribution in [1.82, 2.24) is 19.6 Å². The number of hydrogen-bond donors (Lipinski definition) is 0. The average molecular weight is 1050 g/mol. The molecule has 0 aliphatic carbocycles. The van der Waals surface area contributed by atoms with Crippen LogP contribution >= 0.6 is 47.1 Å². The topological polar surface area (TPSA) is 87.7 Å². The van der Waals surface area contributed by atoms with Crippen molar-refractivity contribution in [3.63, 3.8) is 0 Å². The molecular weight excluding hydrogens is 973 g/mol. The Labute approximate surface area is 447 Å². The SMILES string of the molecule is CCCCN(CCCC)c1ccc(/C=C/c2cc(C=C3C(=O)N(CC)C(=S)N(CC)C3=O)c(-c3sc(/C=C/c4ccc(N(CCCC)CCCC)cc4)cc3C=C3C(=O)N(CC)C(=S)N(CC)C3=O)s2)cc1. The van der Waals surface area contributed by atoms with Crippen LogP contribution in [-0.2, 0) is 19.2 Å². The first-order valence-corrected chi connectivity index (χ1v) is 28.4. The Hall–Kier alpha value is -5.54. The molecule has 4 aromatic rings. The van der Waals surface area contributed by atoms with Crippen LogP contribution in [0.15, 0.2) is 71.8 Å². The fraction of sp³-hybridized carbons (Fsp3) is 0.414. The Kier molecular flexibility index (Phi) is 20.9. The second-order valence-corrected chi connectivity index (χ2v) is 20.9. The minimum absolute atomic E-state index is 0.0134. The molecule has 382 valence electrons. The molecule has 0 saturated carbocycles. The number of carbonyl (C=O) groups excluding carboxylic acids is 4. The molecule has 0 atom stereocenters. The van der Waals surface area contributed by atoms with E-state index in [1.54, 1.807) is 12.2 Å². The highest BCUT2D eigenvalue weighted by Gasteiger charge is 2.40. The van der Waals surface area contributed by atoms with E-state index in [9.17, 15) is 19.2 Å². The molecule has 14 heteroatoms. The Morgan fingerprint density at radius 1 is 0.444 bits per heavy atom. The molecule has 0 radical (unpaired) electrons. The molecule has 2 aliphatic heterocycles. The largest absolute Gasteiger partial charge is 0.372 e. The third-order valence-corrected chi connectivity index (χ3v) is 16.3. The molecule has 72 heavy (non-hydrogen) atoms. The summed E-state index contributed by atoms with van der Waals surface area (Å²) in [5.41, 5.74) is 5.83. The van der Waals surface area contributed by atoms with Gasteiger partial charge in [-0.2, -0.15) is 0 Å². The van der Waals surface area contributed by atoms with Crippen LogP contribution in [0.3, 0.4) is 0 Å². The van der Waals surface area contributed by atoms with Crippen molar-refractivity contribution < 1.29 is 19.2 Å². The number of benzene rings is 2. The Morgan fingerprint density at radius 3 is 1.00 bits per heavy atom. The fourth-order valence-electron chi connectivity index (χ4n) is 8.75. The normalized spacial score (nSPS) is 14.6. The van der Waals surface area contributed by atoms with Gasteiger partial charge in [0.2, 0.25) is 0 Å². The number of amides is 4. The number of unbranched alkanes of at least 4 members (excludes halogenated alkanes) is 4. The third-order valence-electron chi connectivity index (χ3n) is 13.0. The quantitative estimate of drug-likeness (QED) is 0.0369. The fourth-order valence-corrected chi connectivity index (χ4v) is 11.9. The zero-order valence-corrected chi connectivity index (χ0v) is 46.8. The molecular formula is C58H72N6O4S4. The summed E-state index contributed by atoms with van der Waals surface area (Å²) in [6.45, 7) is 21.6. The molecule has 4 amide bonds. The van der Waals surface area contributed by atoms with E-state index in [-0.39, 0.29) is 21.4 Å². The van der Waals surface area contributed by atoms with Gasteiger partial charge < -0.3 is 9.80 Å². The van der Waals surface area contributed by atoms with Gasteiger partial charge in [-0.15, -0.1) is 22.7 Å². The first kappa shape index (κ1) is 55.8. The van der Waals surface area contributed by atoms with Crippen LogP contribution in [0.25, 0.3) is 46.2 Å². The first-order valence-electron chi connectivity index (χ1n) is 26.0. The summed E-state index contributed by atoms with van der Waals surface area (Å²) in [5, 5.41) is 0.386. The van der Waals surface area contributed by atoms with Crippen molar-refractivity contribution in [2.24, 2.45) is 0 Å². The Balaban J connectivity index is 1.50. The lowest BCUT2D eigenvalue weighted by molar-refractivity contribution is -0.135. The predicted octanol–water partition coefficient (Wildman–Crippen LogP) is 13.4. The van der Waals surface area contributed by atoms with E-state index < -0.39 is 23.6 Å². The van der Waals surface area contributed by atoms with E-state index in [2.05, 4.69) is 110 Å². The van der Waals surface area contributed by atoms with Gasteiger partial charge in [-0.25, -0.2) is 0 Å². The van der Waals surface area contributed by atoms with Gasteiger partial charge in [0.05, 0.1) is 9.75 Å². The van der Waals surface area contributed by atoms with Crippen LogP contribution in [0.5, 0.6) is 0 Å². The molecule has 0 bridgehead atoms. The Morgan fingerprint density at radius 2 is 0.736 bits per heavy atom. The molecule has 2 aromatic carbocycles. The van der Waals surface area contributed by atoms with Gasteiger partial charge in [-0.3, -0.25) is 38.8 Å². The molecule has 6 rings (SSSR count). The summed E-state index contributed by atoms with van der Waals surface area (Å²) < 4.78 is 0. The number of rotatable bonds is 25. The van der Waals surface area contributed by atoms with Crippen LogP contribution in [0.1, 0.15) is 139 Å². The molecule has 4 heterocycles. The number of carbonyl (C=O) groups is 4. The summed E-state index contributed by atoms with van der Waals surface area (Å²) in [4.78, 5) is 70.6. The number of nitrogens with zero attached hydrogens (tertiary/aromatic N) is 6. The number of thiophene rings is 2. The summed E-state index contributed by atoms with van der Waals surface area (Å²) in [6.07, 6.45) is 20.8. The highest BCUT2D eigenvalue weighted by Crippen LogP contribution is 2.44. The molecule has 2 aromatic heterocycles. The lowest BCUT2D eigenvalue weighted by atomic mass is 10.0. The monoisotopic (exact) mass is 1040 g/mol. The predicted molar refractivity (Wildman–Crippen MR) is 313 cm³/mol. The third kappa shape index (κ3) is 13.2. The summed E-state index contributed by atoms with van der Waals surface area (Å²) >= 11 is 14.3. The minimum atomic E-state index is -0.450. The standard InChI is InChI=1S/C58H72N6O4S4/c1-9-17-33-59(34-18-10-2)45-27-21-41(22-28-45)25-31-47-37-43(39-49-53(65)61(13-5)57(69)62(14-6)54(49)66)51(71-47)52-44(40-50-55(67)63(15-7)58(70)64(16-8)56(50)68)38-48(72-52)32-26-42-23-29-46(30-24-42)60(35-19-11-3)36-20-12-4/h21-32,37-40H,9-20,33-36H2,1-8H3/b31-25+,32-26+. The second kappa shape index (κ2) is 27.0. The van der Waals surface area contributed by atoms with Crippen LogP contribution in [0.2, 0.25) is 0 Å². The number of anilines is 2. The van der Waals surface area contributed by atoms with E-state index in [4.69, 9.17) is 24.4 Å². The summed E-state index contributed by atoms with van der Waals surface area (Å²) in [7, 11) is 0. The van der Waals surface area contributed by atoms with Crippen LogP contribution in [-0.4, -0.2) is 106 Å². The smallest absolute Gasteiger partial charge is 0.265 e. The zero-order valence-electron chi connectivity index (χ0n) is 43.5. The van der Waals surface area contributed by atoms with Crippen molar-refractivity contribution in [3.8, 4) is 9.75 Å². The van der Waals surface area contributed by atoms with Crippen LogP contribution in [0.4, 0.5) is 11.4 Å². The van der Waals surface area contributed by atoms with E-state index in [1.807, 2.05) is 39.8 Å². The van der Waals surface area contributed by atoms with E-state index in [1.165, 1.54) is 53.6 Å². The van der Waals surface area contributed by atoms with E-state index in [0.29, 0.717) is 37.3 Å². The average Bonchev–Trinajstić information content (AvgIpc) is 3.99. The Bertz CT molecular complexity index is 2440. The van der Waals surface area contributed by atoms with Crippen molar-refractivity contribution >= 4 is 129 Å². The van der Waals surface area contributed by atoms with Crippen molar-refractivity contribution in [3.05, 3.63) is 104 Å². The summed E-state index contributed by atoms with van der Waals surface area (Å²) in [6, 6.07) is 21.3. The molecule has 0 spiro atoms. The maximum absolute atomic E-state index is 14.1. The molecule has 2 fully saturated rings. The maximum atomic E-state index is 14.1. The summed E-state index contributed by atoms with van der Waals surface area (Å²) in [5.74, 6) is -1.80. The molecule has 10 nitrogen and oxygen atoms in total. The number of thiocarbonyl (C=S) groups is 2. The molecule has 2 saturated heterocycles. The van der Waals surface area contributed by atoms with Gasteiger partial charge in [0, 0.05) is 73.5 Å². The lowest BCUT2D eigenvalue weighted by Gasteiger charge is -2.35. The molecule has 0 N–H and O–H groups in total. The number of hydrogen-bond acceptors (Lipinski definition) is 10. The maximum Gasteiger partial charge on any atom is 0.265 e. The van der Waals surface area contributed by atoms with Gasteiger partial charge in [0.25, 0.3) is 23.6 Å². The minimum Gasteiger partial charge on any atom is -0.372 e. The lowest BCUT2D eigenvalue weighted by Crippen LogP contribution is -2.55. The van der Waals surface area contributed by atoms with Crippen molar-refractivity contribution in [1.29, 1.82) is 0 Å². The highest BCUT2D eigenvalue weighted by atomic mass is 32.1. The first-order chi connectivity index (χ1) is 34.9. The van der Waals surface area contributed by atoms with Gasteiger partial charge in [0.1, 0.15) is 11.1 Å². The highest BCUT2D eigenvalue weighted by molar-refractivity contribution is 7.80. The van der Waals surface area contributed by atoms with E-state index >= 15 is 0 Å². The van der Waals surface area contributed by atoms with Gasteiger partial charge in [0.15, 0.2) is 10.2 Å². The van der Waals surface area contributed by atoms with Crippen LogP contribution < -0.4 is 9.80 Å². The van der Waals surface area contributed by atoms with Crippen LogP contribution in [0, 0.1) is 0 Å². The molecule has 0 unspecified atom stereocenters. The zero-order chi connectivity index (χ0) is 51.9.